The van der Waals surface area contributed by atoms with Crippen LogP contribution in [0.2, 0.25) is 0 Å². The molecule has 0 bridgehead atoms. The summed E-state index contributed by atoms with van der Waals surface area (Å²) in [5, 5.41) is 6.53. The van der Waals surface area contributed by atoms with E-state index in [0.717, 1.165) is 30.0 Å². The van der Waals surface area contributed by atoms with Gasteiger partial charge in [0.2, 0.25) is 0 Å². The highest BCUT2D eigenvalue weighted by molar-refractivity contribution is 5.94. The number of hydrogen-bond acceptors (Lipinski definition) is 2. The fraction of sp³-hybridized carbons (Fsp3) is 0.474. The van der Waals surface area contributed by atoms with Gasteiger partial charge in [-0.15, -0.1) is 0 Å². The van der Waals surface area contributed by atoms with Gasteiger partial charge in [-0.05, 0) is 62.4 Å². The molecule has 0 spiro atoms. The third kappa shape index (κ3) is 4.26. The molecule has 0 radical (unpaired) electrons. The zero-order valence-electron chi connectivity index (χ0n) is 14.9. The van der Waals surface area contributed by atoms with E-state index in [1.807, 2.05) is 26.0 Å². The fourth-order valence-corrected chi connectivity index (χ4v) is 2.87. The Morgan fingerprint density at radius 3 is 2.58 bits per heavy atom. The first-order valence-electron chi connectivity index (χ1n) is 8.76. The van der Waals surface area contributed by atoms with Crippen molar-refractivity contribution in [3.05, 3.63) is 52.3 Å². The zero-order valence-corrected chi connectivity index (χ0v) is 14.9. The minimum atomic E-state index is -4.42. The number of alkyl halides is 3. The number of aromatic nitrogens is 2. The molecular weight excluding hydrogens is 343 g/mol. The van der Waals surface area contributed by atoms with E-state index in [-0.39, 0.29) is 11.8 Å². The quantitative estimate of drug-likeness (QED) is 0.780. The van der Waals surface area contributed by atoms with E-state index < -0.39 is 11.9 Å². The van der Waals surface area contributed by atoms with Gasteiger partial charge in [0.15, 0.2) is 5.69 Å². The van der Waals surface area contributed by atoms with Gasteiger partial charge >= 0.3 is 6.18 Å². The van der Waals surface area contributed by atoms with Crippen LogP contribution in [0.1, 0.15) is 58.1 Å². The first kappa shape index (κ1) is 18.5. The Bertz CT molecular complexity index is 807. The second-order valence-corrected chi connectivity index (χ2v) is 6.86. The molecule has 0 unspecified atom stereocenters. The van der Waals surface area contributed by atoms with Gasteiger partial charge in [-0.3, -0.25) is 9.48 Å². The Balaban J connectivity index is 1.55. The molecule has 1 amide bonds. The van der Waals surface area contributed by atoms with Gasteiger partial charge in [-0.25, -0.2) is 0 Å². The number of carbonyl (C=O) groups is 1. The van der Waals surface area contributed by atoms with Crippen LogP contribution in [-0.2, 0) is 12.7 Å². The summed E-state index contributed by atoms with van der Waals surface area (Å²) < 4.78 is 40.1. The molecule has 140 valence electrons. The molecule has 1 aromatic heterocycles. The molecule has 0 saturated heterocycles. The topological polar surface area (TPSA) is 46.9 Å². The monoisotopic (exact) mass is 365 g/mol. The van der Waals surface area contributed by atoms with Crippen LogP contribution in [0.5, 0.6) is 0 Å². The van der Waals surface area contributed by atoms with Crippen molar-refractivity contribution in [2.45, 2.75) is 51.7 Å². The minimum absolute atomic E-state index is 0.174. The van der Waals surface area contributed by atoms with E-state index in [9.17, 15) is 18.0 Å². The highest BCUT2D eigenvalue weighted by atomic mass is 19.4. The van der Waals surface area contributed by atoms with Gasteiger partial charge in [0.25, 0.3) is 5.91 Å². The summed E-state index contributed by atoms with van der Waals surface area (Å²) in [6, 6.07) is 6.66. The lowest BCUT2D eigenvalue weighted by Gasteiger charge is -2.09. The van der Waals surface area contributed by atoms with E-state index in [2.05, 4.69) is 10.4 Å². The molecule has 1 saturated carbocycles. The Kier molecular flexibility index (Phi) is 5.07. The summed E-state index contributed by atoms with van der Waals surface area (Å²) in [7, 11) is 0. The van der Waals surface area contributed by atoms with Crippen LogP contribution in [-0.4, -0.2) is 22.2 Å². The highest BCUT2D eigenvalue weighted by Crippen LogP contribution is 2.42. The maximum Gasteiger partial charge on any atom is 0.435 e. The number of nitrogens with zero attached hydrogens (tertiary/aromatic N) is 2. The summed E-state index contributed by atoms with van der Waals surface area (Å²) in [6.07, 6.45) is -2.08. The molecule has 0 aliphatic heterocycles. The third-order valence-electron chi connectivity index (χ3n) is 4.70. The van der Waals surface area contributed by atoms with E-state index in [4.69, 9.17) is 0 Å². The Hall–Kier alpha value is -2.31. The molecule has 1 aromatic carbocycles. The lowest BCUT2D eigenvalue weighted by Crippen LogP contribution is -2.25. The number of halogens is 3. The largest absolute Gasteiger partial charge is 0.435 e. The highest BCUT2D eigenvalue weighted by Gasteiger charge is 2.37. The van der Waals surface area contributed by atoms with Crippen LogP contribution in [0.4, 0.5) is 13.2 Å². The minimum Gasteiger partial charge on any atom is -0.352 e. The molecule has 3 rings (SSSR count). The van der Waals surface area contributed by atoms with Gasteiger partial charge in [0, 0.05) is 30.3 Å². The standard InChI is InChI=1S/C19H22F3N3O/c1-12-4-5-15(10-13(12)2)18(26)23-8-3-9-25-16(14-6-7-14)11-17(24-25)19(20,21)22/h4-5,10-11,14H,3,6-9H2,1-2H3,(H,23,26). The van der Waals surface area contributed by atoms with Crippen LogP contribution in [0, 0.1) is 13.8 Å². The Morgan fingerprint density at radius 2 is 1.96 bits per heavy atom. The number of aryl methyl sites for hydroxylation is 3. The average molecular weight is 365 g/mol. The molecule has 4 nitrogen and oxygen atoms in total. The maximum absolute atomic E-state index is 12.9. The number of carbonyl (C=O) groups excluding carboxylic acids is 1. The number of nitrogens with one attached hydrogen (secondary N) is 1. The molecule has 0 atom stereocenters. The SMILES string of the molecule is Cc1ccc(C(=O)NCCCn2nc(C(F)(F)F)cc2C2CC2)cc1C. The summed E-state index contributed by atoms with van der Waals surface area (Å²) in [5.74, 6) is 0.00990. The lowest BCUT2D eigenvalue weighted by atomic mass is 10.1. The number of amides is 1. The van der Waals surface area contributed by atoms with E-state index in [1.165, 1.54) is 4.68 Å². The van der Waals surface area contributed by atoms with Crippen molar-refractivity contribution < 1.29 is 18.0 Å². The van der Waals surface area contributed by atoms with Gasteiger partial charge < -0.3 is 5.32 Å². The molecule has 1 N–H and O–H groups in total. The molecule has 26 heavy (non-hydrogen) atoms. The van der Waals surface area contributed by atoms with Crippen molar-refractivity contribution in [1.29, 1.82) is 0 Å². The van der Waals surface area contributed by atoms with Crippen LogP contribution < -0.4 is 5.32 Å². The third-order valence-corrected chi connectivity index (χ3v) is 4.70. The molecule has 1 fully saturated rings. The van der Waals surface area contributed by atoms with Crippen LogP contribution in [0.25, 0.3) is 0 Å². The molecule has 1 aliphatic rings. The summed E-state index contributed by atoms with van der Waals surface area (Å²) in [6.45, 7) is 4.67. The van der Waals surface area contributed by atoms with Gasteiger partial charge in [0.05, 0.1) is 0 Å². The van der Waals surface area contributed by atoms with Gasteiger partial charge in [-0.2, -0.15) is 18.3 Å². The van der Waals surface area contributed by atoms with E-state index in [0.29, 0.717) is 30.8 Å². The first-order chi connectivity index (χ1) is 12.3. The van der Waals surface area contributed by atoms with E-state index >= 15 is 0 Å². The van der Waals surface area contributed by atoms with Crippen LogP contribution in [0.15, 0.2) is 24.3 Å². The fourth-order valence-electron chi connectivity index (χ4n) is 2.87. The van der Waals surface area contributed by atoms with Gasteiger partial charge in [0.1, 0.15) is 0 Å². The van der Waals surface area contributed by atoms with Crippen molar-refractivity contribution in [2.75, 3.05) is 6.54 Å². The van der Waals surface area contributed by atoms with Crippen molar-refractivity contribution in [2.24, 2.45) is 0 Å². The van der Waals surface area contributed by atoms with Crippen LogP contribution >= 0.6 is 0 Å². The number of benzene rings is 1. The van der Waals surface area contributed by atoms with Crippen molar-refractivity contribution in [3.8, 4) is 0 Å². The second-order valence-electron chi connectivity index (χ2n) is 6.86. The molecule has 1 heterocycles. The molecule has 1 aliphatic carbocycles. The summed E-state index contributed by atoms with van der Waals surface area (Å²) in [5.41, 5.74) is 2.57. The normalized spacial score (nSPS) is 14.5. The summed E-state index contributed by atoms with van der Waals surface area (Å²) >= 11 is 0. The first-order valence-corrected chi connectivity index (χ1v) is 8.76. The Morgan fingerprint density at radius 1 is 1.23 bits per heavy atom. The number of rotatable bonds is 6. The van der Waals surface area contributed by atoms with Crippen molar-refractivity contribution >= 4 is 5.91 Å². The lowest BCUT2D eigenvalue weighted by molar-refractivity contribution is -0.141. The average Bonchev–Trinajstić information content (AvgIpc) is 3.32. The predicted octanol–water partition coefficient (Wildman–Crippen LogP) is 4.22. The molecule has 2 aromatic rings. The molecular formula is C19H22F3N3O. The second kappa shape index (κ2) is 7.13. The number of hydrogen-bond donors (Lipinski definition) is 1. The summed E-state index contributed by atoms with van der Waals surface area (Å²) in [4.78, 5) is 12.2. The van der Waals surface area contributed by atoms with Crippen molar-refractivity contribution in [1.82, 2.24) is 15.1 Å². The zero-order chi connectivity index (χ0) is 18.9. The smallest absolute Gasteiger partial charge is 0.352 e. The molecule has 7 heteroatoms. The van der Waals surface area contributed by atoms with Crippen molar-refractivity contribution in [3.63, 3.8) is 0 Å². The Labute approximate surface area is 150 Å². The van der Waals surface area contributed by atoms with Gasteiger partial charge in [-0.1, -0.05) is 6.07 Å². The van der Waals surface area contributed by atoms with E-state index in [1.54, 1.807) is 6.07 Å². The van der Waals surface area contributed by atoms with Crippen LogP contribution in [0.3, 0.4) is 0 Å². The predicted molar refractivity (Wildman–Crippen MR) is 92.1 cm³/mol. The maximum atomic E-state index is 12.9.